The minimum Gasteiger partial charge on any atom is -0.403 e. The van der Waals surface area contributed by atoms with E-state index in [4.69, 9.17) is 14.6 Å². The third kappa shape index (κ3) is 3.06. The van der Waals surface area contributed by atoms with Crippen LogP contribution >= 0.6 is 0 Å². The number of piperidine rings is 1. The third-order valence-electron chi connectivity index (χ3n) is 5.29. The zero-order chi connectivity index (χ0) is 16.7. The molecule has 2 saturated heterocycles. The lowest BCUT2D eigenvalue weighted by Crippen LogP contribution is -2.41. The smallest absolute Gasteiger partial charge is 0.403 e. The number of aromatic nitrogens is 2. The molecular formula is C16H23BN4O2. The van der Waals surface area contributed by atoms with E-state index in [1.54, 1.807) is 6.07 Å². The van der Waals surface area contributed by atoms with E-state index in [1.165, 1.54) is 0 Å². The van der Waals surface area contributed by atoms with E-state index in [1.807, 2.05) is 12.1 Å². The van der Waals surface area contributed by atoms with Crippen molar-refractivity contribution in [2.45, 2.75) is 57.6 Å². The van der Waals surface area contributed by atoms with E-state index < -0.39 is 0 Å². The fourth-order valence-corrected chi connectivity index (χ4v) is 3.04. The molecule has 2 aliphatic rings. The van der Waals surface area contributed by atoms with Crippen molar-refractivity contribution in [1.82, 2.24) is 10.2 Å². The summed E-state index contributed by atoms with van der Waals surface area (Å²) in [5, 5.41) is 16.8. The Morgan fingerprint density at radius 3 is 2.22 bits per heavy atom. The van der Waals surface area contributed by atoms with Gasteiger partial charge in [0.05, 0.1) is 11.2 Å². The Labute approximate surface area is 137 Å². The predicted octanol–water partition coefficient (Wildman–Crippen LogP) is 2.41. The molecule has 2 fully saturated rings. The molecular weight excluding hydrogens is 291 g/mol. The number of hydrogen-bond donors (Lipinski definition) is 0. The van der Waals surface area contributed by atoms with Crippen LogP contribution in [0.3, 0.4) is 0 Å². The van der Waals surface area contributed by atoms with Gasteiger partial charge in [-0.15, -0.1) is 10.2 Å². The van der Waals surface area contributed by atoms with Crippen molar-refractivity contribution in [2.75, 3.05) is 18.0 Å². The maximum atomic E-state index is 8.79. The summed E-state index contributed by atoms with van der Waals surface area (Å²) in [5.74, 6) is 1.23. The summed E-state index contributed by atoms with van der Waals surface area (Å²) in [6.45, 7) is 10.2. The van der Waals surface area contributed by atoms with Crippen LogP contribution in [0.5, 0.6) is 0 Å². The molecule has 0 aromatic carbocycles. The average molecular weight is 314 g/mol. The van der Waals surface area contributed by atoms with Gasteiger partial charge in [-0.3, -0.25) is 0 Å². The highest BCUT2D eigenvalue weighted by molar-refractivity contribution is 6.47. The van der Waals surface area contributed by atoms with Crippen molar-refractivity contribution >= 4 is 12.9 Å². The molecule has 0 saturated carbocycles. The van der Waals surface area contributed by atoms with Crippen molar-refractivity contribution < 1.29 is 9.31 Å². The molecule has 0 bridgehead atoms. The number of anilines is 1. The molecule has 0 aliphatic carbocycles. The van der Waals surface area contributed by atoms with Crippen LogP contribution in [0.2, 0.25) is 5.82 Å². The van der Waals surface area contributed by atoms with Gasteiger partial charge in [-0.25, -0.2) is 0 Å². The molecule has 2 aliphatic heterocycles. The van der Waals surface area contributed by atoms with Crippen LogP contribution in [0.25, 0.3) is 0 Å². The van der Waals surface area contributed by atoms with Crippen molar-refractivity contribution in [2.24, 2.45) is 0 Å². The molecule has 0 spiro atoms. The zero-order valence-corrected chi connectivity index (χ0v) is 14.2. The first-order valence-electron chi connectivity index (χ1n) is 8.17. The van der Waals surface area contributed by atoms with E-state index in [9.17, 15) is 0 Å². The summed E-state index contributed by atoms with van der Waals surface area (Å²) >= 11 is 0. The van der Waals surface area contributed by atoms with Crippen LogP contribution < -0.4 is 4.90 Å². The van der Waals surface area contributed by atoms with Crippen molar-refractivity contribution in [3.8, 4) is 6.07 Å². The van der Waals surface area contributed by atoms with Crippen LogP contribution in [0.1, 0.15) is 46.2 Å². The summed E-state index contributed by atoms with van der Waals surface area (Å²) in [6.07, 6.45) is 2.00. The maximum absolute atomic E-state index is 8.79. The molecule has 3 rings (SSSR count). The van der Waals surface area contributed by atoms with E-state index >= 15 is 0 Å². The second-order valence-electron chi connectivity index (χ2n) is 7.34. The van der Waals surface area contributed by atoms with Crippen LogP contribution in [0.4, 0.5) is 5.82 Å². The lowest BCUT2D eigenvalue weighted by Gasteiger charge is -2.33. The summed E-state index contributed by atoms with van der Waals surface area (Å²) < 4.78 is 12.3. The Bertz CT molecular complexity index is 588. The fraction of sp³-hybridized carbons (Fsp3) is 0.688. The molecule has 6 nitrogen and oxygen atoms in total. The Morgan fingerprint density at radius 2 is 1.74 bits per heavy atom. The van der Waals surface area contributed by atoms with Gasteiger partial charge in [0.1, 0.15) is 6.07 Å². The van der Waals surface area contributed by atoms with Gasteiger partial charge in [-0.1, -0.05) is 0 Å². The van der Waals surface area contributed by atoms with E-state index in [0.29, 0.717) is 11.5 Å². The van der Waals surface area contributed by atoms with Crippen LogP contribution in [0, 0.1) is 11.3 Å². The first kappa shape index (κ1) is 16.2. The topological polar surface area (TPSA) is 71.3 Å². The lowest BCUT2D eigenvalue weighted by molar-refractivity contribution is 0.00578. The highest BCUT2D eigenvalue weighted by Gasteiger charge is 2.53. The summed E-state index contributed by atoms with van der Waals surface area (Å²) in [6, 6.07) is 5.56. The monoisotopic (exact) mass is 314 g/mol. The Balaban J connectivity index is 1.60. The SMILES string of the molecule is CC1(C)OB(C2CCN(c3ccc(C#N)nn3)CC2)OC1(C)C. The van der Waals surface area contributed by atoms with Gasteiger partial charge in [-0.05, 0) is 58.5 Å². The standard InChI is InChI=1S/C16H23BN4O2/c1-15(2)16(3,4)23-17(22-15)12-7-9-21(10-8-12)14-6-5-13(11-18)19-20-14/h5-6,12H,7-10H2,1-4H3. The van der Waals surface area contributed by atoms with E-state index in [-0.39, 0.29) is 18.3 Å². The van der Waals surface area contributed by atoms with Gasteiger partial charge < -0.3 is 14.2 Å². The Morgan fingerprint density at radius 1 is 1.13 bits per heavy atom. The minimum absolute atomic E-state index is 0.130. The molecule has 0 unspecified atom stereocenters. The molecule has 1 aromatic rings. The molecule has 122 valence electrons. The number of nitrogens with zero attached hydrogens (tertiary/aromatic N) is 4. The summed E-state index contributed by atoms with van der Waals surface area (Å²) in [4.78, 5) is 2.20. The summed E-state index contributed by atoms with van der Waals surface area (Å²) in [7, 11) is -0.130. The van der Waals surface area contributed by atoms with Crippen LogP contribution in [-0.2, 0) is 9.31 Å². The second kappa shape index (κ2) is 5.77. The second-order valence-corrected chi connectivity index (χ2v) is 7.34. The van der Waals surface area contributed by atoms with Gasteiger partial charge in [0, 0.05) is 13.1 Å². The van der Waals surface area contributed by atoms with Gasteiger partial charge >= 0.3 is 7.12 Å². The summed E-state index contributed by atoms with van der Waals surface area (Å²) in [5.41, 5.74) is -0.193. The third-order valence-corrected chi connectivity index (χ3v) is 5.29. The van der Waals surface area contributed by atoms with Crippen LogP contribution in [0.15, 0.2) is 12.1 Å². The molecule has 0 atom stereocenters. The van der Waals surface area contributed by atoms with E-state index in [2.05, 4.69) is 42.8 Å². The Kier molecular flexibility index (Phi) is 4.07. The maximum Gasteiger partial charge on any atom is 0.461 e. The molecule has 0 amide bonds. The van der Waals surface area contributed by atoms with Gasteiger partial charge in [0.25, 0.3) is 0 Å². The minimum atomic E-state index is -0.270. The first-order chi connectivity index (χ1) is 10.8. The van der Waals surface area contributed by atoms with Crippen molar-refractivity contribution in [1.29, 1.82) is 5.26 Å². The predicted molar refractivity (Wildman–Crippen MR) is 88.0 cm³/mol. The Hall–Kier alpha value is -1.65. The first-order valence-corrected chi connectivity index (χ1v) is 8.17. The number of rotatable bonds is 2. The molecule has 7 heteroatoms. The van der Waals surface area contributed by atoms with E-state index in [0.717, 1.165) is 31.7 Å². The van der Waals surface area contributed by atoms with Crippen LogP contribution in [-0.4, -0.2) is 41.6 Å². The molecule has 23 heavy (non-hydrogen) atoms. The highest BCUT2D eigenvalue weighted by Crippen LogP contribution is 2.42. The van der Waals surface area contributed by atoms with Gasteiger partial charge in [0.15, 0.2) is 11.5 Å². The molecule has 1 aromatic heterocycles. The molecule has 0 radical (unpaired) electrons. The molecule has 3 heterocycles. The fourth-order valence-electron chi connectivity index (χ4n) is 3.04. The molecule has 0 N–H and O–H groups in total. The van der Waals surface area contributed by atoms with Gasteiger partial charge in [0.2, 0.25) is 0 Å². The number of hydrogen-bond acceptors (Lipinski definition) is 6. The largest absolute Gasteiger partial charge is 0.461 e. The zero-order valence-electron chi connectivity index (χ0n) is 14.2. The normalized spacial score (nSPS) is 23.8. The lowest BCUT2D eigenvalue weighted by atomic mass is 9.67. The average Bonchev–Trinajstić information content (AvgIpc) is 2.76. The van der Waals surface area contributed by atoms with Gasteiger partial charge in [-0.2, -0.15) is 5.26 Å². The quantitative estimate of drug-likeness (QED) is 0.781. The highest BCUT2D eigenvalue weighted by atomic mass is 16.7. The van der Waals surface area contributed by atoms with Crippen molar-refractivity contribution in [3.63, 3.8) is 0 Å². The number of nitriles is 1. The van der Waals surface area contributed by atoms with Crippen molar-refractivity contribution in [3.05, 3.63) is 17.8 Å².